The molecule has 0 amide bonds. The molecule has 0 fully saturated rings. The molecule has 21 heavy (non-hydrogen) atoms. The molecule has 0 radical (unpaired) electrons. The lowest BCUT2D eigenvalue weighted by Crippen LogP contribution is -1.91. The lowest BCUT2D eigenvalue weighted by atomic mass is 10.0. The zero-order chi connectivity index (χ0) is 15.0. The van der Waals surface area contributed by atoms with Crippen molar-refractivity contribution in [3.05, 3.63) is 56.1 Å². The monoisotopic (exact) mass is 454 g/mol. The number of benzene rings is 2. The molecule has 5 heteroatoms. The van der Waals surface area contributed by atoms with Crippen LogP contribution in [0.15, 0.2) is 51.5 Å². The van der Waals surface area contributed by atoms with Gasteiger partial charge in [-0.05, 0) is 41.1 Å². The molecular weight excluding hydrogens is 443 g/mol. The van der Waals surface area contributed by atoms with E-state index in [0.717, 1.165) is 24.7 Å². The molecule has 3 nitrogen and oxygen atoms in total. The summed E-state index contributed by atoms with van der Waals surface area (Å²) in [5, 5.41) is 3.96. The van der Waals surface area contributed by atoms with Crippen LogP contribution >= 0.6 is 38.5 Å². The normalized spacial score (nSPS) is 10.8. The Morgan fingerprint density at radius 3 is 2.57 bits per heavy atom. The van der Waals surface area contributed by atoms with Crippen molar-refractivity contribution >= 4 is 44.3 Å². The number of hydrogen-bond acceptors (Lipinski definition) is 3. The molecule has 1 aromatic heterocycles. The third kappa shape index (κ3) is 2.60. The fourth-order valence-electron chi connectivity index (χ4n) is 2.23. The molecule has 2 N–H and O–H groups in total. The first-order chi connectivity index (χ1) is 10.1. The number of aryl methyl sites for hydroxylation is 1. The maximum atomic E-state index is 6.04. The van der Waals surface area contributed by atoms with Crippen LogP contribution in [0, 0.1) is 10.5 Å². The minimum absolute atomic E-state index is 0.397. The summed E-state index contributed by atoms with van der Waals surface area (Å²) >= 11 is 5.89. The van der Waals surface area contributed by atoms with Crippen molar-refractivity contribution in [2.75, 3.05) is 5.73 Å². The molecule has 0 bridgehead atoms. The van der Waals surface area contributed by atoms with Gasteiger partial charge in [0.25, 0.3) is 0 Å². The summed E-state index contributed by atoms with van der Waals surface area (Å²) in [6.45, 7) is 2.07. The number of hydrogen-bond donors (Lipinski definition) is 1. The van der Waals surface area contributed by atoms with E-state index < -0.39 is 0 Å². The summed E-state index contributed by atoms with van der Waals surface area (Å²) in [5.41, 5.74) is 10.0. The van der Waals surface area contributed by atoms with Crippen LogP contribution in [0.3, 0.4) is 0 Å². The van der Waals surface area contributed by atoms with Crippen molar-refractivity contribution in [1.29, 1.82) is 0 Å². The van der Waals surface area contributed by atoms with Crippen molar-refractivity contribution < 1.29 is 4.52 Å². The molecule has 0 aliphatic heterocycles. The van der Waals surface area contributed by atoms with Gasteiger partial charge in [0.2, 0.25) is 0 Å². The number of anilines is 1. The van der Waals surface area contributed by atoms with Gasteiger partial charge in [0.05, 0.1) is 5.56 Å². The van der Waals surface area contributed by atoms with Gasteiger partial charge in [0.1, 0.15) is 0 Å². The van der Waals surface area contributed by atoms with E-state index in [-0.39, 0.29) is 0 Å². The average Bonchev–Trinajstić information content (AvgIpc) is 2.84. The SMILES string of the molecule is Cc1cccc(-c2onc(N)c2-c2ccccc2Br)c1I. The van der Waals surface area contributed by atoms with Gasteiger partial charge in [-0.3, -0.25) is 0 Å². The van der Waals surface area contributed by atoms with E-state index in [1.54, 1.807) is 0 Å². The molecule has 0 saturated carbocycles. The molecule has 106 valence electrons. The second kappa shape index (κ2) is 5.81. The Labute approximate surface area is 144 Å². The topological polar surface area (TPSA) is 52.0 Å². The van der Waals surface area contributed by atoms with Crippen molar-refractivity contribution in [2.24, 2.45) is 0 Å². The van der Waals surface area contributed by atoms with Crippen LogP contribution in [0.25, 0.3) is 22.5 Å². The summed E-state index contributed by atoms with van der Waals surface area (Å²) in [5.74, 6) is 1.10. The van der Waals surface area contributed by atoms with Gasteiger partial charge < -0.3 is 10.3 Å². The van der Waals surface area contributed by atoms with Crippen molar-refractivity contribution in [1.82, 2.24) is 5.16 Å². The first kappa shape index (κ1) is 14.6. The van der Waals surface area contributed by atoms with Crippen LogP contribution in [-0.4, -0.2) is 5.16 Å². The fraction of sp³-hybridized carbons (Fsp3) is 0.0625. The van der Waals surface area contributed by atoms with Crippen LogP contribution in [0.5, 0.6) is 0 Å². The van der Waals surface area contributed by atoms with Crippen molar-refractivity contribution in [2.45, 2.75) is 6.92 Å². The smallest absolute Gasteiger partial charge is 0.178 e. The van der Waals surface area contributed by atoms with Crippen LogP contribution in [0.1, 0.15) is 5.56 Å². The van der Waals surface area contributed by atoms with Crippen LogP contribution in [0.4, 0.5) is 5.82 Å². The molecule has 0 aliphatic carbocycles. The van der Waals surface area contributed by atoms with Crippen LogP contribution in [-0.2, 0) is 0 Å². The molecule has 0 spiro atoms. The Hall–Kier alpha value is -1.34. The van der Waals surface area contributed by atoms with Gasteiger partial charge in [0, 0.05) is 19.2 Å². The summed E-state index contributed by atoms with van der Waals surface area (Å²) in [6.07, 6.45) is 0. The Kier molecular flexibility index (Phi) is 4.03. The van der Waals surface area contributed by atoms with Gasteiger partial charge >= 0.3 is 0 Å². The first-order valence-corrected chi connectivity index (χ1v) is 8.22. The Bertz CT molecular complexity index is 814. The highest BCUT2D eigenvalue weighted by molar-refractivity contribution is 14.1. The highest BCUT2D eigenvalue weighted by atomic mass is 127. The minimum Gasteiger partial charge on any atom is -0.380 e. The van der Waals surface area contributed by atoms with E-state index in [0.29, 0.717) is 11.6 Å². The zero-order valence-corrected chi connectivity index (χ0v) is 15.0. The second-order valence-electron chi connectivity index (χ2n) is 4.69. The highest BCUT2D eigenvalue weighted by Crippen LogP contribution is 2.41. The standard InChI is InChI=1S/C16H12BrIN2O/c1-9-5-4-7-11(14(9)18)15-13(16(19)20-21-15)10-6-2-3-8-12(10)17/h2-8H,1H3,(H2,19,20). The predicted molar refractivity (Wildman–Crippen MR) is 96.9 cm³/mol. The van der Waals surface area contributed by atoms with Crippen LogP contribution in [0.2, 0.25) is 0 Å². The molecule has 0 atom stereocenters. The van der Waals surface area contributed by atoms with E-state index in [1.807, 2.05) is 36.4 Å². The average molecular weight is 455 g/mol. The Morgan fingerprint density at radius 1 is 1.10 bits per heavy atom. The molecule has 0 aliphatic rings. The lowest BCUT2D eigenvalue weighted by molar-refractivity contribution is 0.436. The van der Waals surface area contributed by atoms with Gasteiger partial charge in [-0.2, -0.15) is 0 Å². The molecule has 3 aromatic rings. The minimum atomic E-state index is 0.397. The largest absolute Gasteiger partial charge is 0.380 e. The number of nitrogens with zero attached hydrogens (tertiary/aromatic N) is 1. The molecule has 1 heterocycles. The zero-order valence-electron chi connectivity index (χ0n) is 11.2. The van der Waals surface area contributed by atoms with E-state index in [4.69, 9.17) is 10.3 Å². The molecule has 2 aromatic carbocycles. The lowest BCUT2D eigenvalue weighted by Gasteiger charge is -2.08. The summed E-state index contributed by atoms with van der Waals surface area (Å²) in [7, 11) is 0. The third-order valence-electron chi connectivity index (χ3n) is 3.30. The van der Waals surface area contributed by atoms with Crippen molar-refractivity contribution in [3.63, 3.8) is 0 Å². The van der Waals surface area contributed by atoms with E-state index >= 15 is 0 Å². The first-order valence-electron chi connectivity index (χ1n) is 6.35. The van der Waals surface area contributed by atoms with Crippen LogP contribution < -0.4 is 5.73 Å². The second-order valence-corrected chi connectivity index (χ2v) is 6.62. The van der Waals surface area contributed by atoms with Gasteiger partial charge in [-0.1, -0.05) is 57.5 Å². The quantitative estimate of drug-likeness (QED) is 0.537. The number of aromatic nitrogens is 1. The van der Waals surface area contributed by atoms with E-state index in [1.165, 1.54) is 5.56 Å². The fourth-order valence-corrected chi connectivity index (χ4v) is 3.32. The molecular formula is C16H12BrIN2O. The number of halogens is 2. The van der Waals surface area contributed by atoms with E-state index in [9.17, 15) is 0 Å². The van der Waals surface area contributed by atoms with E-state index in [2.05, 4.69) is 56.7 Å². The molecule has 0 saturated heterocycles. The number of rotatable bonds is 2. The van der Waals surface area contributed by atoms with Gasteiger partial charge in [0.15, 0.2) is 11.6 Å². The number of nitrogen functional groups attached to an aromatic ring is 1. The molecule has 0 unspecified atom stereocenters. The van der Waals surface area contributed by atoms with Crippen molar-refractivity contribution in [3.8, 4) is 22.5 Å². The maximum Gasteiger partial charge on any atom is 0.178 e. The Balaban J connectivity index is 2.28. The summed E-state index contributed by atoms with van der Waals surface area (Å²) in [4.78, 5) is 0. The number of nitrogens with two attached hydrogens (primary N) is 1. The summed E-state index contributed by atoms with van der Waals surface area (Å²) < 4.78 is 7.63. The predicted octanol–water partition coefficient (Wildman–Crippen LogP) is 5.27. The Morgan fingerprint density at radius 2 is 1.81 bits per heavy atom. The maximum absolute atomic E-state index is 6.04. The summed E-state index contributed by atoms with van der Waals surface area (Å²) in [6, 6.07) is 14.0. The third-order valence-corrected chi connectivity index (χ3v) is 5.42. The van der Waals surface area contributed by atoms with Gasteiger partial charge in [-0.15, -0.1) is 0 Å². The highest BCUT2D eigenvalue weighted by Gasteiger charge is 2.21. The van der Waals surface area contributed by atoms with Gasteiger partial charge in [-0.25, -0.2) is 0 Å². The molecule has 3 rings (SSSR count).